The Bertz CT molecular complexity index is 475. The molecule has 0 heterocycles. The lowest BCUT2D eigenvalue weighted by molar-refractivity contribution is -0.122. The molecule has 0 radical (unpaired) electrons. The molecular formula is C17H29ClN2O4. The Morgan fingerprint density at radius 3 is 2.17 bits per heavy atom. The zero-order valence-electron chi connectivity index (χ0n) is 14.8. The first-order valence-electron chi connectivity index (χ1n) is 7.85. The number of amides is 1. The summed E-state index contributed by atoms with van der Waals surface area (Å²) in [5, 5.41) is 2.83. The summed E-state index contributed by atoms with van der Waals surface area (Å²) in [5.41, 5.74) is 5.82. The Kier molecular flexibility index (Phi) is 11.0. The van der Waals surface area contributed by atoms with Gasteiger partial charge in [-0.15, -0.1) is 12.4 Å². The second-order valence-electron chi connectivity index (χ2n) is 5.78. The predicted octanol–water partition coefficient (Wildman–Crippen LogP) is 2.38. The zero-order valence-corrected chi connectivity index (χ0v) is 15.7. The van der Waals surface area contributed by atoms with Crippen LogP contribution in [0.2, 0.25) is 0 Å². The summed E-state index contributed by atoms with van der Waals surface area (Å²) in [6.45, 7) is 5.11. The van der Waals surface area contributed by atoms with Crippen LogP contribution < -0.4 is 25.3 Å². The van der Waals surface area contributed by atoms with Crippen LogP contribution in [0.4, 0.5) is 0 Å². The van der Waals surface area contributed by atoms with Gasteiger partial charge in [-0.05, 0) is 18.8 Å². The van der Waals surface area contributed by atoms with E-state index in [-0.39, 0.29) is 18.3 Å². The molecule has 0 aliphatic rings. The minimum Gasteiger partial charge on any atom is -0.496 e. The van der Waals surface area contributed by atoms with E-state index >= 15 is 0 Å². The first kappa shape index (κ1) is 22.3. The summed E-state index contributed by atoms with van der Waals surface area (Å²) in [5.74, 6) is 2.31. The normalized spacial score (nSPS) is 11.4. The van der Waals surface area contributed by atoms with Gasteiger partial charge in [0.1, 0.15) is 17.2 Å². The van der Waals surface area contributed by atoms with Crippen molar-refractivity contribution in [3.05, 3.63) is 18.2 Å². The molecule has 0 fully saturated rings. The van der Waals surface area contributed by atoms with Crippen molar-refractivity contribution in [2.45, 2.75) is 32.7 Å². The van der Waals surface area contributed by atoms with E-state index < -0.39 is 6.04 Å². The molecule has 6 nitrogen and oxygen atoms in total. The van der Waals surface area contributed by atoms with Gasteiger partial charge in [0.25, 0.3) is 0 Å². The number of carbonyl (C=O) groups is 1. The van der Waals surface area contributed by atoms with Crippen LogP contribution in [0.25, 0.3) is 0 Å². The fourth-order valence-electron chi connectivity index (χ4n) is 2.08. The number of methoxy groups -OCH3 is 2. The fraction of sp³-hybridized carbons (Fsp3) is 0.588. The summed E-state index contributed by atoms with van der Waals surface area (Å²) in [6.07, 6.45) is 1.38. The predicted molar refractivity (Wildman–Crippen MR) is 97.3 cm³/mol. The summed E-state index contributed by atoms with van der Waals surface area (Å²) in [7, 11) is 3.18. The smallest absolute Gasteiger partial charge is 0.236 e. The van der Waals surface area contributed by atoms with E-state index in [0.717, 1.165) is 0 Å². The zero-order chi connectivity index (χ0) is 17.2. The van der Waals surface area contributed by atoms with Gasteiger partial charge < -0.3 is 25.3 Å². The molecule has 0 bridgehead atoms. The summed E-state index contributed by atoms with van der Waals surface area (Å²) >= 11 is 0. The number of nitrogens with one attached hydrogen (secondary N) is 1. The number of carbonyl (C=O) groups excluding carboxylic acids is 1. The van der Waals surface area contributed by atoms with Crippen molar-refractivity contribution in [1.29, 1.82) is 0 Å². The van der Waals surface area contributed by atoms with Crippen molar-refractivity contribution in [2.24, 2.45) is 11.7 Å². The highest BCUT2D eigenvalue weighted by Gasteiger charge is 2.13. The topological polar surface area (TPSA) is 82.8 Å². The second kappa shape index (κ2) is 11.8. The van der Waals surface area contributed by atoms with Crippen LogP contribution in [0.15, 0.2) is 18.2 Å². The van der Waals surface area contributed by atoms with Crippen molar-refractivity contribution in [3.8, 4) is 17.2 Å². The highest BCUT2D eigenvalue weighted by molar-refractivity contribution is 5.85. The standard InChI is InChI=1S/C17H28N2O4.ClH/c1-12(2)8-16(18)17(20)19-6-5-7-23-15-10-13(21-3)9-14(11-15)22-4;/h9-12,16H,5-8,18H2,1-4H3,(H,19,20);1H/t16-;/m0./s1. The Labute approximate surface area is 150 Å². The summed E-state index contributed by atoms with van der Waals surface area (Å²) in [4.78, 5) is 11.8. The summed E-state index contributed by atoms with van der Waals surface area (Å²) in [6, 6.07) is 4.92. The van der Waals surface area contributed by atoms with Crippen LogP contribution in [-0.2, 0) is 4.79 Å². The lowest BCUT2D eigenvalue weighted by Gasteiger charge is -2.14. The summed E-state index contributed by atoms with van der Waals surface area (Å²) < 4.78 is 16.0. The first-order valence-corrected chi connectivity index (χ1v) is 7.85. The molecule has 0 saturated carbocycles. The molecule has 1 amide bonds. The molecule has 138 valence electrons. The Balaban J connectivity index is 0.00000529. The Morgan fingerprint density at radius 2 is 1.67 bits per heavy atom. The molecule has 0 aliphatic carbocycles. The molecule has 0 saturated heterocycles. The van der Waals surface area contributed by atoms with Crippen molar-refractivity contribution < 1.29 is 19.0 Å². The largest absolute Gasteiger partial charge is 0.496 e. The van der Waals surface area contributed by atoms with Crippen LogP contribution in [0.5, 0.6) is 17.2 Å². The average molecular weight is 361 g/mol. The maximum Gasteiger partial charge on any atom is 0.236 e. The van der Waals surface area contributed by atoms with Crippen LogP contribution >= 0.6 is 12.4 Å². The lowest BCUT2D eigenvalue weighted by Crippen LogP contribution is -2.41. The number of ether oxygens (including phenoxy) is 3. The highest BCUT2D eigenvalue weighted by Crippen LogP contribution is 2.27. The Hall–Kier alpha value is -1.66. The number of halogens is 1. The SMILES string of the molecule is COc1cc(OC)cc(OCCCNC(=O)[C@@H](N)CC(C)C)c1.Cl. The van der Waals surface area contributed by atoms with Gasteiger partial charge in [0, 0.05) is 24.7 Å². The van der Waals surface area contributed by atoms with Gasteiger partial charge >= 0.3 is 0 Å². The van der Waals surface area contributed by atoms with Crippen LogP contribution in [0.1, 0.15) is 26.7 Å². The van der Waals surface area contributed by atoms with Crippen molar-refractivity contribution in [1.82, 2.24) is 5.32 Å². The van der Waals surface area contributed by atoms with E-state index in [2.05, 4.69) is 5.32 Å². The van der Waals surface area contributed by atoms with E-state index in [4.69, 9.17) is 19.9 Å². The fourth-order valence-corrected chi connectivity index (χ4v) is 2.08. The van der Waals surface area contributed by atoms with Gasteiger partial charge in [-0.1, -0.05) is 13.8 Å². The molecular weight excluding hydrogens is 332 g/mol. The third kappa shape index (κ3) is 8.26. The number of hydrogen-bond donors (Lipinski definition) is 2. The van der Waals surface area contributed by atoms with Crippen molar-refractivity contribution in [2.75, 3.05) is 27.4 Å². The van der Waals surface area contributed by atoms with Gasteiger partial charge in [0.2, 0.25) is 5.91 Å². The van der Waals surface area contributed by atoms with Gasteiger partial charge in [0.05, 0.1) is 26.9 Å². The Morgan fingerprint density at radius 1 is 1.12 bits per heavy atom. The molecule has 1 aromatic rings. The quantitative estimate of drug-likeness (QED) is 0.626. The molecule has 0 unspecified atom stereocenters. The van der Waals surface area contributed by atoms with E-state index in [9.17, 15) is 4.79 Å². The molecule has 0 spiro atoms. The minimum atomic E-state index is -0.446. The average Bonchev–Trinajstić information content (AvgIpc) is 2.53. The molecule has 0 aromatic heterocycles. The molecule has 1 aromatic carbocycles. The van der Waals surface area contributed by atoms with E-state index in [1.807, 2.05) is 13.8 Å². The maximum absolute atomic E-state index is 11.8. The monoisotopic (exact) mass is 360 g/mol. The van der Waals surface area contributed by atoms with Crippen LogP contribution in [0, 0.1) is 5.92 Å². The van der Waals surface area contributed by atoms with Crippen molar-refractivity contribution >= 4 is 18.3 Å². The third-order valence-electron chi connectivity index (χ3n) is 3.28. The van der Waals surface area contributed by atoms with Crippen molar-refractivity contribution in [3.63, 3.8) is 0 Å². The number of benzene rings is 1. The third-order valence-corrected chi connectivity index (χ3v) is 3.28. The molecule has 3 N–H and O–H groups in total. The number of hydrogen-bond acceptors (Lipinski definition) is 5. The molecule has 0 aliphatic heterocycles. The van der Waals surface area contributed by atoms with E-state index in [1.54, 1.807) is 32.4 Å². The first-order chi connectivity index (χ1) is 11.0. The van der Waals surface area contributed by atoms with Gasteiger partial charge in [-0.3, -0.25) is 4.79 Å². The highest BCUT2D eigenvalue weighted by atomic mass is 35.5. The molecule has 1 atom stereocenters. The number of rotatable bonds is 10. The van der Waals surface area contributed by atoms with Crippen LogP contribution in [0.3, 0.4) is 0 Å². The lowest BCUT2D eigenvalue weighted by atomic mass is 10.0. The molecule has 7 heteroatoms. The van der Waals surface area contributed by atoms with Gasteiger partial charge in [-0.25, -0.2) is 0 Å². The molecule has 24 heavy (non-hydrogen) atoms. The van der Waals surface area contributed by atoms with Gasteiger partial charge in [0.15, 0.2) is 0 Å². The van der Waals surface area contributed by atoms with E-state index in [0.29, 0.717) is 49.2 Å². The van der Waals surface area contributed by atoms with Crippen LogP contribution in [-0.4, -0.2) is 39.3 Å². The minimum absolute atomic E-state index is 0. The maximum atomic E-state index is 11.8. The molecule has 1 rings (SSSR count). The second-order valence-corrected chi connectivity index (χ2v) is 5.78. The number of nitrogens with two attached hydrogens (primary N) is 1. The van der Waals surface area contributed by atoms with Gasteiger partial charge in [-0.2, -0.15) is 0 Å². The van der Waals surface area contributed by atoms with E-state index in [1.165, 1.54) is 0 Å².